The fraction of sp³-hybridized carbons (Fsp3) is 0.571. The largest absolute Gasteiger partial charge is 0.375 e. The van der Waals surface area contributed by atoms with Gasteiger partial charge >= 0.3 is 0 Å². The van der Waals surface area contributed by atoms with Gasteiger partial charge in [0.15, 0.2) is 0 Å². The van der Waals surface area contributed by atoms with Crippen molar-refractivity contribution in [2.24, 2.45) is 5.92 Å². The van der Waals surface area contributed by atoms with E-state index in [0.717, 1.165) is 18.2 Å². The molecule has 0 heterocycles. The summed E-state index contributed by atoms with van der Waals surface area (Å²) in [5, 5.41) is 0. The van der Waals surface area contributed by atoms with E-state index in [1.807, 2.05) is 12.1 Å². The monoisotopic (exact) mass is 223 g/mol. The van der Waals surface area contributed by atoms with E-state index in [9.17, 15) is 4.39 Å². The predicted molar refractivity (Wildman–Crippen MR) is 68.4 cm³/mol. The Morgan fingerprint density at radius 3 is 2.31 bits per heavy atom. The molecule has 0 aliphatic heterocycles. The van der Waals surface area contributed by atoms with Crippen molar-refractivity contribution in [2.75, 3.05) is 18.5 Å². The molecule has 0 bridgehead atoms. The highest BCUT2D eigenvalue weighted by molar-refractivity contribution is 5.45. The molecular formula is C14H22FN. The molecule has 0 aliphatic carbocycles. The number of halogens is 1. The molecule has 0 amide bonds. The van der Waals surface area contributed by atoms with Crippen LogP contribution in [0.1, 0.15) is 33.1 Å². The zero-order valence-corrected chi connectivity index (χ0v) is 10.5. The Labute approximate surface area is 98.3 Å². The summed E-state index contributed by atoms with van der Waals surface area (Å²) in [6, 6.07) is 6.69. The third-order valence-corrected chi connectivity index (χ3v) is 2.79. The van der Waals surface area contributed by atoms with Crippen LogP contribution in [0.2, 0.25) is 0 Å². The maximum atomic E-state index is 12.7. The van der Waals surface area contributed by atoms with Gasteiger partial charge in [-0.3, -0.25) is 0 Å². The average Bonchev–Trinajstić information content (AvgIpc) is 2.25. The quantitative estimate of drug-likeness (QED) is 0.657. The van der Waals surface area contributed by atoms with Gasteiger partial charge in [0.2, 0.25) is 0 Å². The fourth-order valence-electron chi connectivity index (χ4n) is 1.73. The van der Waals surface area contributed by atoms with Crippen molar-refractivity contribution in [1.82, 2.24) is 0 Å². The average molecular weight is 223 g/mol. The summed E-state index contributed by atoms with van der Waals surface area (Å²) in [7, 11) is 2.06. The third-order valence-electron chi connectivity index (χ3n) is 2.79. The lowest BCUT2D eigenvalue weighted by Gasteiger charge is -2.19. The van der Waals surface area contributed by atoms with Crippen molar-refractivity contribution in [2.45, 2.75) is 33.1 Å². The molecule has 0 aliphatic rings. The second-order valence-electron chi connectivity index (χ2n) is 4.79. The highest BCUT2D eigenvalue weighted by atomic mass is 19.1. The second kappa shape index (κ2) is 6.51. The first-order valence-corrected chi connectivity index (χ1v) is 6.06. The Hall–Kier alpha value is -1.05. The van der Waals surface area contributed by atoms with E-state index >= 15 is 0 Å². The number of rotatable bonds is 6. The molecule has 0 aromatic heterocycles. The van der Waals surface area contributed by atoms with E-state index in [2.05, 4.69) is 25.8 Å². The van der Waals surface area contributed by atoms with Crippen molar-refractivity contribution >= 4 is 5.69 Å². The normalized spacial score (nSPS) is 10.8. The van der Waals surface area contributed by atoms with Crippen molar-refractivity contribution in [3.05, 3.63) is 30.1 Å². The number of nitrogens with zero attached hydrogens (tertiary/aromatic N) is 1. The lowest BCUT2D eigenvalue weighted by molar-refractivity contribution is 0.538. The molecule has 0 saturated carbocycles. The summed E-state index contributed by atoms with van der Waals surface area (Å²) in [6.07, 6.45) is 3.76. The smallest absolute Gasteiger partial charge is 0.123 e. The molecule has 16 heavy (non-hydrogen) atoms. The lowest BCUT2D eigenvalue weighted by atomic mass is 10.1. The zero-order valence-electron chi connectivity index (χ0n) is 10.5. The van der Waals surface area contributed by atoms with Gasteiger partial charge in [0.25, 0.3) is 0 Å². The van der Waals surface area contributed by atoms with Crippen LogP contribution in [0.15, 0.2) is 24.3 Å². The first-order chi connectivity index (χ1) is 7.59. The van der Waals surface area contributed by atoms with E-state index in [1.165, 1.54) is 31.4 Å². The van der Waals surface area contributed by atoms with Crippen LogP contribution < -0.4 is 4.90 Å². The molecule has 1 nitrogen and oxygen atoms in total. The van der Waals surface area contributed by atoms with E-state index < -0.39 is 0 Å². The first-order valence-electron chi connectivity index (χ1n) is 6.06. The Bertz CT molecular complexity index is 292. The molecule has 0 spiro atoms. The number of benzene rings is 1. The summed E-state index contributed by atoms with van der Waals surface area (Å²) in [5.41, 5.74) is 1.09. The highest BCUT2D eigenvalue weighted by Crippen LogP contribution is 2.14. The van der Waals surface area contributed by atoms with Gasteiger partial charge < -0.3 is 4.90 Å². The molecule has 1 rings (SSSR count). The molecule has 0 radical (unpaired) electrons. The van der Waals surface area contributed by atoms with Gasteiger partial charge in [0, 0.05) is 19.3 Å². The van der Waals surface area contributed by atoms with Gasteiger partial charge in [0.05, 0.1) is 0 Å². The number of hydrogen-bond acceptors (Lipinski definition) is 1. The molecule has 0 N–H and O–H groups in total. The maximum Gasteiger partial charge on any atom is 0.123 e. The molecular weight excluding hydrogens is 201 g/mol. The zero-order chi connectivity index (χ0) is 12.0. The van der Waals surface area contributed by atoms with E-state index in [-0.39, 0.29) is 5.82 Å². The molecule has 2 heteroatoms. The first kappa shape index (κ1) is 13.0. The van der Waals surface area contributed by atoms with Crippen molar-refractivity contribution in [1.29, 1.82) is 0 Å². The Morgan fingerprint density at radius 2 is 1.75 bits per heavy atom. The topological polar surface area (TPSA) is 3.24 Å². The minimum absolute atomic E-state index is 0.169. The minimum atomic E-state index is -0.169. The van der Waals surface area contributed by atoms with Gasteiger partial charge in [-0.2, -0.15) is 0 Å². The van der Waals surface area contributed by atoms with Crippen LogP contribution in [-0.2, 0) is 0 Å². The van der Waals surface area contributed by atoms with Crippen LogP contribution >= 0.6 is 0 Å². The SMILES string of the molecule is CC(C)CCCCN(C)c1ccc(F)cc1. The lowest BCUT2D eigenvalue weighted by Crippen LogP contribution is -2.18. The summed E-state index contributed by atoms with van der Waals surface area (Å²) in [4.78, 5) is 2.18. The minimum Gasteiger partial charge on any atom is -0.375 e. The second-order valence-corrected chi connectivity index (χ2v) is 4.79. The van der Waals surface area contributed by atoms with Crippen LogP contribution in [-0.4, -0.2) is 13.6 Å². The van der Waals surface area contributed by atoms with Crippen molar-refractivity contribution < 1.29 is 4.39 Å². The van der Waals surface area contributed by atoms with Crippen molar-refractivity contribution in [3.8, 4) is 0 Å². The Balaban J connectivity index is 2.29. The van der Waals surface area contributed by atoms with E-state index in [0.29, 0.717) is 0 Å². The predicted octanol–water partition coefficient (Wildman–Crippen LogP) is 4.09. The van der Waals surface area contributed by atoms with Gasteiger partial charge in [-0.25, -0.2) is 4.39 Å². The third kappa shape index (κ3) is 4.65. The number of anilines is 1. The van der Waals surface area contributed by atoms with E-state index in [1.54, 1.807) is 0 Å². The Morgan fingerprint density at radius 1 is 1.12 bits per heavy atom. The van der Waals surface area contributed by atoms with Crippen LogP contribution in [0.5, 0.6) is 0 Å². The maximum absolute atomic E-state index is 12.7. The van der Waals surface area contributed by atoms with Gasteiger partial charge in [0.1, 0.15) is 5.82 Å². The van der Waals surface area contributed by atoms with Crippen LogP contribution in [0.3, 0.4) is 0 Å². The summed E-state index contributed by atoms with van der Waals surface area (Å²) < 4.78 is 12.7. The fourth-order valence-corrected chi connectivity index (χ4v) is 1.73. The standard InChI is InChI=1S/C14H22FN/c1-12(2)6-4-5-11-16(3)14-9-7-13(15)8-10-14/h7-10,12H,4-6,11H2,1-3H3. The number of unbranched alkanes of at least 4 members (excludes halogenated alkanes) is 1. The van der Waals surface area contributed by atoms with Gasteiger partial charge in [-0.1, -0.05) is 26.7 Å². The van der Waals surface area contributed by atoms with Crippen molar-refractivity contribution in [3.63, 3.8) is 0 Å². The summed E-state index contributed by atoms with van der Waals surface area (Å²) >= 11 is 0. The molecule has 0 atom stereocenters. The molecule has 0 unspecified atom stereocenters. The van der Waals surface area contributed by atoms with E-state index in [4.69, 9.17) is 0 Å². The molecule has 90 valence electrons. The van der Waals surface area contributed by atoms with Gasteiger partial charge in [-0.15, -0.1) is 0 Å². The number of hydrogen-bond donors (Lipinski definition) is 0. The van der Waals surface area contributed by atoms with Crippen LogP contribution in [0.4, 0.5) is 10.1 Å². The molecule has 1 aromatic rings. The highest BCUT2D eigenvalue weighted by Gasteiger charge is 2.01. The molecule has 0 saturated heterocycles. The van der Waals surface area contributed by atoms with Crippen LogP contribution in [0.25, 0.3) is 0 Å². The van der Waals surface area contributed by atoms with Gasteiger partial charge in [-0.05, 0) is 36.6 Å². The molecule has 0 fully saturated rings. The van der Waals surface area contributed by atoms with Crippen LogP contribution in [0, 0.1) is 11.7 Å². The Kier molecular flexibility index (Phi) is 5.30. The summed E-state index contributed by atoms with van der Waals surface area (Å²) in [5.74, 6) is 0.619. The molecule has 1 aromatic carbocycles. The summed E-state index contributed by atoms with van der Waals surface area (Å²) in [6.45, 7) is 5.55.